The zero-order chi connectivity index (χ0) is 16.2. The van der Waals surface area contributed by atoms with Gasteiger partial charge in [-0.05, 0) is 17.2 Å². The Morgan fingerprint density at radius 2 is 1.57 bits per heavy atom. The summed E-state index contributed by atoms with van der Waals surface area (Å²) in [6.07, 6.45) is 2.96. The molecule has 0 aliphatic carbocycles. The second kappa shape index (κ2) is 6.40. The molecule has 0 bridgehead atoms. The molecule has 3 rings (SSSR count). The Balaban J connectivity index is 1.76. The molecule has 2 aromatic carbocycles. The van der Waals surface area contributed by atoms with Crippen LogP contribution in [-0.4, -0.2) is 29.0 Å². The molecular weight excluding hydrogens is 290 g/mol. The van der Waals surface area contributed by atoms with Crippen LogP contribution in [0.4, 0.5) is 0 Å². The van der Waals surface area contributed by atoms with Gasteiger partial charge in [0.2, 0.25) is 5.78 Å². The zero-order valence-corrected chi connectivity index (χ0v) is 12.4. The van der Waals surface area contributed by atoms with Crippen LogP contribution in [0.1, 0.15) is 17.0 Å². The van der Waals surface area contributed by atoms with Gasteiger partial charge in [-0.15, -0.1) is 0 Å². The summed E-state index contributed by atoms with van der Waals surface area (Å²) in [5, 5.41) is 0. The summed E-state index contributed by atoms with van der Waals surface area (Å²) in [5.74, 6) is -2.30. The van der Waals surface area contributed by atoms with E-state index in [4.69, 9.17) is 0 Å². The molecule has 4 nitrogen and oxygen atoms in total. The monoisotopic (exact) mass is 305 g/mol. The number of ketones is 1. The van der Waals surface area contributed by atoms with Crippen LogP contribution >= 0.6 is 0 Å². The van der Waals surface area contributed by atoms with Crippen LogP contribution in [0.25, 0.3) is 6.08 Å². The molecule has 0 saturated carbocycles. The average molecular weight is 305 g/mol. The van der Waals surface area contributed by atoms with Crippen molar-refractivity contribution in [1.82, 2.24) is 4.90 Å². The lowest BCUT2D eigenvalue weighted by atomic mass is 9.97. The Morgan fingerprint density at radius 1 is 0.957 bits per heavy atom. The minimum atomic E-state index is -0.735. The minimum Gasteiger partial charge on any atom is -0.288 e. The summed E-state index contributed by atoms with van der Waals surface area (Å²) >= 11 is 0. The molecule has 0 aromatic heterocycles. The Bertz CT molecular complexity index is 766. The van der Waals surface area contributed by atoms with E-state index in [9.17, 15) is 14.4 Å². The molecular formula is C19H15NO3. The highest BCUT2D eigenvalue weighted by Gasteiger charge is 2.41. The average Bonchev–Trinajstić information content (AvgIpc) is 2.90. The van der Waals surface area contributed by atoms with E-state index >= 15 is 0 Å². The second-order valence-electron chi connectivity index (χ2n) is 5.33. The predicted octanol–water partition coefficient (Wildman–Crippen LogP) is 2.42. The number of likely N-dealkylation sites (tertiary alicyclic amines) is 1. The number of carbonyl (C=O) groups excluding carboxylic acids is 3. The maximum atomic E-state index is 12.2. The minimum absolute atomic E-state index is 0.0969. The summed E-state index contributed by atoms with van der Waals surface area (Å²) in [5.41, 5.74) is 1.62. The van der Waals surface area contributed by atoms with Crippen molar-refractivity contribution in [3.05, 3.63) is 77.9 Å². The van der Waals surface area contributed by atoms with Gasteiger partial charge in [-0.25, -0.2) is 0 Å². The maximum Gasteiger partial charge on any atom is 0.297 e. The third-order valence-electron chi connectivity index (χ3n) is 3.82. The normalized spacial score (nSPS) is 17.9. The summed E-state index contributed by atoms with van der Waals surface area (Å²) < 4.78 is 0. The van der Waals surface area contributed by atoms with Gasteiger partial charge in [-0.1, -0.05) is 60.7 Å². The molecule has 114 valence electrons. The van der Waals surface area contributed by atoms with E-state index in [1.165, 1.54) is 6.08 Å². The van der Waals surface area contributed by atoms with Crippen molar-refractivity contribution in [2.24, 2.45) is 0 Å². The van der Waals surface area contributed by atoms with E-state index in [0.717, 1.165) is 16.0 Å². The lowest BCUT2D eigenvalue weighted by molar-refractivity contribution is -0.145. The molecule has 23 heavy (non-hydrogen) atoms. The Hall–Kier alpha value is -3.01. The highest BCUT2D eigenvalue weighted by atomic mass is 16.2. The lowest BCUT2D eigenvalue weighted by Gasteiger charge is -2.11. The molecule has 2 aromatic rings. The molecule has 0 radical (unpaired) electrons. The van der Waals surface area contributed by atoms with Crippen molar-refractivity contribution in [2.75, 3.05) is 6.54 Å². The maximum absolute atomic E-state index is 12.2. The van der Waals surface area contributed by atoms with Crippen LogP contribution < -0.4 is 0 Å². The van der Waals surface area contributed by atoms with Crippen molar-refractivity contribution < 1.29 is 14.4 Å². The molecule has 0 N–H and O–H groups in total. The fourth-order valence-corrected chi connectivity index (χ4v) is 2.58. The van der Waals surface area contributed by atoms with Crippen LogP contribution in [0.2, 0.25) is 0 Å². The molecule has 1 saturated heterocycles. The third-order valence-corrected chi connectivity index (χ3v) is 3.82. The van der Waals surface area contributed by atoms with Gasteiger partial charge < -0.3 is 0 Å². The summed E-state index contributed by atoms with van der Waals surface area (Å²) in [4.78, 5) is 37.4. The molecule has 0 unspecified atom stereocenters. The number of hydrogen-bond acceptors (Lipinski definition) is 3. The number of Topliss-reactive ketones (excluding diaryl/α,β-unsaturated/α-hetero) is 1. The predicted molar refractivity (Wildman–Crippen MR) is 86.4 cm³/mol. The first-order valence-electron chi connectivity index (χ1n) is 7.34. The fraction of sp³-hybridized carbons (Fsp3) is 0.105. The molecule has 1 heterocycles. The van der Waals surface area contributed by atoms with Gasteiger partial charge in [0.15, 0.2) is 0 Å². The highest BCUT2D eigenvalue weighted by Crippen LogP contribution is 2.25. The van der Waals surface area contributed by atoms with Gasteiger partial charge >= 0.3 is 0 Å². The number of amides is 2. The van der Waals surface area contributed by atoms with Gasteiger partial charge in [-0.3, -0.25) is 19.3 Å². The van der Waals surface area contributed by atoms with Gasteiger partial charge in [-0.2, -0.15) is 0 Å². The number of nitrogens with zero attached hydrogens (tertiary/aromatic N) is 1. The molecule has 2 amide bonds. The van der Waals surface area contributed by atoms with Gasteiger partial charge in [0.25, 0.3) is 11.8 Å². The third kappa shape index (κ3) is 3.11. The molecule has 1 aliphatic heterocycles. The molecule has 1 aliphatic rings. The van der Waals surface area contributed by atoms with Crippen molar-refractivity contribution >= 4 is 23.7 Å². The zero-order valence-electron chi connectivity index (χ0n) is 12.4. The van der Waals surface area contributed by atoms with Crippen LogP contribution in [-0.2, 0) is 14.4 Å². The number of imide groups is 1. The SMILES string of the molecule is O=C1C(=O)N(C(=O)/C=C/c2ccccc2)C[C@H]1c1ccccc1. The van der Waals surface area contributed by atoms with Gasteiger partial charge in [0.05, 0.1) is 5.92 Å². The van der Waals surface area contributed by atoms with Crippen molar-refractivity contribution in [3.8, 4) is 0 Å². The first-order chi connectivity index (χ1) is 11.2. The van der Waals surface area contributed by atoms with Crippen molar-refractivity contribution in [2.45, 2.75) is 5.92 Å². The van der Waals surface area contributed by atoms with E-state index in [1.54, 1.807) is 18.2 Å². The van der Waals surface area contributed by atoms with Crippen molar-refractivity contribution in [1.29, 1.82) is 0 Å². The molecule has 1 fully saturated rings. The van der Waals surface area contributed by atoms with Crippen LogP contribution in [0.5, 0.6) is 0 Å². The topological polar surface area (TPSA) is 54.5 Å². The highest BCUT2D eigenvalue weighted by molar-refractivity contribution is 6.43. The molecule has 0 spiro atoms. The van der Waals surface area contributed by atoms with E-state index in [2.05, 4.69) is 0 Å². The van der Waals surface area contributed by atoms with E-state index in [1.807, 2.05) is 48.5 Å². The Labute approximate surface area is 134 Å². The van der Waals surface area contributed by atoms with Crippen LogP contribution in [0.3, 0.4) is 0 Å². The van der Waals surface area contributed by atoms with E-state index in [0.29, 0.717) is 0 Å². The quantitative estimate of drug-likeness (QED) is 0.646. The summed E-state index contributed by atoms with van der Waals surface area (Å²) in [6, 6.07) is 18.4. The smallest absolute Gasteiger partial charge is 0.288 e. The molecule has 1 atom stereocenters. The Morgan fingerprint density at radius 3 is 2.22 bits per heavy atom. The Kier molecular flexibility index (Phi) is 4.15. The first kappa shape index (κ1) is 14.9. The first-order valence-corrected chi connectivity index (χ1v) is 7.34. The standard InChI is InChI=1S/C19H15NO3/c21-17(12-11-14-7-3-1-4-8-14)20-13-16(18(22)19(20)23)15-9-5-2-6-10-15/h1-12,16H,13H2/b12-11+/t16-/m0/s1. The second-order valence-corrected chi connectivity index (χ2v) is 5.33. The number of benzene rings is 2. The van der Waals surface area contributed by atoms with Gasteiger partial charge in [0.1, 0.15) is 0 Å². The fourth-order valence-electron chi connectivity index (χ4n) is 2.58. The number of hydrogen-bond donors (Lipinski definition) is 0. The van der Waals surface area contributed by atoms with Crippen LogP contribution in [0, 0.1) is 0 Å². The lowest BCUT2D eigenvalue weighted by Crippen LogP contribution is -2.32. The summed E-state index contributed by atoms with van der Waals surface area (Å²) in [7, 11) is 0. The summed E-state index contributed by atoms with van der Waals surface area (Å²) in [6.45, 7) is 0.0969. The van der Waals surface area contributed by atoms with Gasteiger partial charge in [0, 0.05) is 12.6 Å². The molecule has 4 heteroatoms. The number of carbonyl (C=O) groups is 3. The van der Waals surface area contributed by atoms with Crippen LogP contribution in [0.15, 0.2) is 66.7 Å². The number of rotatable bonds is 3. The van der Waals surface area contributed by atoms with E-state index in [-0.39, 0.29) is 6.54 Å². The largest absolute Gasteiger partial charge is 0.297 e. The van der Waals surface area contributed by atoms with Crippen molar-refractivity contribution in [3.63, 3.8) is 0 Å². The van der Waals surface area contributed by atoms with E-state index < -0.39 is 23.5 Å².